The number of amides is 1. The van der Waals surface area contributed by atoms with Gasteiger partial charge in [0.05, 0.1) is 20.1 Å². The zero-order chi connectivity index (χ0) is 16.9. The number of piperazine rings is 1. The van der Waals surface area contributed by atoms with Gasteiger partial charge in [-0.15, -0.1) is 10.2 Å². The number of rotatable bonds is 5. The molecule has 2 heterocycles. The molecule has 1 fully saturated rings. The minimum Gasteiger partial charge on any atom is -0.496 e. The quantitative estimate of drug-likeness (QED) is 0.822. The standard InChI is InChI=1S/C17H22N4O3/c1-13-18-19-16(24-13)12-20-7-9-21(10-8-20)17(22)11-14-5-3-4-6-15(14)23-2/h3-6H,7-12H2,1-2H3. The molecule has 0 atom stereocenters. The smallest absolute Gasteiger partial charge is 0.230 e. The summed E-state index contributed by atoms with van der Waals surface area (Å²) in [5.74, 6) is 2.10. The van der Waals surface area contributed by atoms with Crippen LogP contribution < -0.4 is 4.74 Å². The average molecular weight is 330 g/mol. The third-order valence-corrected chi connectivity index (χ3v) is 4.19. The third kappa shape index (κ3) is 3.91. The zero-order valence-corrected chi connectivity index (χ0v) is 14.1. The van der Waals surface area contributed by atoms with Crippen LogP contribution in [0, 0.1) is 6.92 Å². The normalized spacial score (nSPS) is 15.5. The van der Waals surface area contributed by atoms with Gasteiger partial charge in [-0.3, -0.25) is 9.69 Å². The lowest BCUT2D eigenvalue weighted by Crippen LogP contribution is -2.48. The van der Waals surface area contributed by atoms with E-state index in [1.807, 2.05) is 29.2 Å². The number of benzene rings is 1. The Morgan fingerprint density at radius 3 is 2.62 bits per heavy atom. The van der Waals surface area contributed by atoms with E-state index in [9.17, 15) is 4.79 Å². The van der Waals surface area contributed by atoms with Crippen LogP contribution in [0.5, 0.6) is 5.75 Å². The van der Waals surface area contributed by atoms with E-state index in [2.05, 4.69) is 15.1 Å². The summed E-state index contributed by atoms with van der Waals surface area (Å²) in [5.41, 5.74) is 0.925. The van der Waals surface area contributed by atoms with Crippen LogP contribution >= 0.6 is 0 Å². The molecule has 1 aliphatic rings. The summed E-state index contributed by atoms with van der Waals surface area (Å²) < 4.78 is 10.7. The topological polar surface area (TPSA) is 71.7 Å². The Hall–Kier alpha value is -2.41. The lowest BCUT2D eigenvalue weighted by Gasteiger charge is -2.34. The van der Waals surface area contributed by atoms with E-state index < -0.39 is 0 Å². The van der Waals surface area contributed by atoms with E-state index in [1.165, 1.54) is 0 Å². The highest BCUT2D eigenvalue weighted by molar-refractivity contribution is 5.79. The molecule has 0 radical (unpaired) electrons. The predicted molar refractivity (Wildman–Crippen MR) is 87.6 cm³/mol. The van der Waals surface area contributed by atoms with Crippen LogP contribution in [0.2, 0.25) is 0 Å². The molecule has 1 aromatic heterocycles. The third-order valence-electron chi connectivity index (χ3n) is 4.19. The van der Waals surface area contributed by atoms with Crippen molar-refractivity contribution in [1.82, 2.24) is 20.0 Å². The zero-order valence-electron chi connectivity index (χ0n) is 14.1. The molecule has 7 nitrogen and oxygen atoms in total. The van der Waals surface area contributed by atoms with Gasteiger partial charge in [0.1, 0.15) is 5.75 Å². The van der Waals surface area contributed by atoms with Gasteiger partial charge in [0.25, 0.3) is 0 Å². The highest BCUT2D eigenvalue weighted by Gasteiger charge is 2.23. The maximum atomic E-state index is 12.5. The Bertz CT molecular complexity index is 693. The Balaban J connectivity index is 1.51. The largest absolute Gasteiger partial charge is 0.496 e. The van der Waals surface area contributed by atoms with Gasteiger partial charge in [-0.1, -0.05) is 18.2 Å². The number of carbonyl (C=O) groups excluding carboxylic acids is 1. The van der Waals surface area contributed by atoms with Crippen LogP contribution in [0.3, 0.4) is 0 Å². The first-order valence-corrected chi connectivity index (χ1v) is 8.06. The second-order valence-corrected chi connectivity index (χ2v) is 5.86. The summed E-state index contributed by atoms with van der Waals surface area (Å²) in [6.07, 6.45) is 0.368. The first-order chi connectivity index (χ1) is 11.7. The molecule has 0 N–H and O–H groups in total. The molecule has 1 saturated heterocycles. The molecule has 1 aromatic carbocycles. The maximum Gasteiger partial charge on any atom is 0.230 e. The van der Waals surface area contributed by atoms with Crippen molar-refractivity contribution in [3.05, 3.63) is 41.6 Å². The molecule has 3 rings (SSSR count). The van der Waals surface area contributed by atoms with E-state index in [0.29, 0.717) is 37.8 Å². The van der Waals surface area contributed by atoms with E-state index in [-0.39, 0.29) is 5.91 Å². The van der Waals surface area contributed by atoms with Crippen molar-refractivity contribution < 1.29 is 13.9 Å². The number of nitrogens with zero attached hydrogens (tertiary/aromatic N) is 4. The molecule has 2 aromatic rings. The fourth-order valence-electron chi connectivity index (χ4n) is 2.87. The van der Waals surface area contributed by atoms with E-state index in [0.717, 1.165) is 24.4 Å². The summed E-state index contributed by atoms with van der Waals surface area (Å²) >= 11 is 0. The highest BCUT2D eigenvalue weighted by Crippen LogP contribution is 2.19. The van der Waals surface area contributed by atoms with E-state index >= 15 is 0 Å². The van der Waals surface area contributed by atoms with Gasteiger partial charge in [-0.2, -0.15) is 0 Å². The van der Waals surface area contributed by atoms with Crippen molar-refractivity contribution in [3.63, 3.8) is 0 Å². The van der Waals surface area contributed by atoms with Gasteiger partial charge in [0.15, 0.2) is 0 Å². The van der Waals surface area contributed by atoms with Crippen molar-refractivity contribution in [1.29, 1.82) is 0 Å². The van der Waals surface area contributed by atoms with Crippen LogP contribution in [-0.2, 0) is 17.8 Å². The van der Waals surface area contributed by atoms with E-state index in [4.69, 9.17) is 9.15 Å². The highest BCUT2D eigenvalue weighted by atomic mass is 16.5. The van der Waals surface area contributed by atoms with Crippen molar-refractivity contribution in [3.8, 4) is 5.75 Å². The number of aryl methyl sites for hydroxylation is 1. The molecule has 24 heavy (non-hydrogen) atoms. The predicted octanol–water partition coefficient (Wildman–Crippen LogP) is 1.27. The van der Waals surface area contributed by atoms with Crippen LogP contribution in [-0.4, -0.2) is 59.2 Å². The summed E-state index contributed by atoms with van der Waals surface area (Å²) in [6.45, 7) is 5.45. The molecule has 0 spiro atoms. The molecule has 0 saturated carbocycles. The number of aromatic nitrogens is 2. The summed E-state index contributed by atoms with van der Waals surface area (Å²) in [6, 6.07) is 7.65. The minimum atomic E-state index is 0.132. The summed E-state index contributed by atoms with van der Waals surface area (Å²) in [5, 5.41) is 7.85. The fraction of sp³-hybridized carbons (Fsp3) is 0.471. The number of para-hydroxylation sites is 1. The van der Waals surface area contributed by atoms with Gasteiger partial charge in [-0.25, -0.2) is 0 Å². The molecule has 0 bridgehead atoms. The average Bonchev–Trinajstić information content (AvgIpc) is 3.01. The van der Waals surface area contributed by atoms with Crippen LogP contribution in [0.15, 0.2) is 28.7 Å². The number of carbonyl (C=O) groups is 1. The van der Waals surface area contributed by atoms with Gasteiger partial charge in [0, 0.05) is 38.7 Å². The molecule has 7 heteroatoms. The minimum absolute atomic E-state index is 0.132. The fourth-order valence-corrected chi connectivity index (χ4v) is 2.87. The molecule has 128 valence electrons. The second-order valence-electron chi connectivity index (χ2n) is 5.86. The monoisotopic (exact) mass is 330 g/mol. The van der Waals surface area contributed by atoms with Crippen LogP contribution in [0.1, 0.15) is 17.3 Å². The van der Waals surface area contributed by atoms with Crippen LogP contribution in [0.25, 0.3) is 0 Å². The number of ether oxygens (including phenoxy) is 1. The molecule has 0 unspecified atom stereocenters. The second kappa shape index (κ2) is 7.44. The molecule has 1 amide bonds. The summed E-state index contributed by atoms with van der Waals surface area (Å²) in [4.78, 5) is 16.6. The van der Waals surface area contributed by atoms with Crippen molar-refractivity contribution in [2.45, 2.75) is 19.9 Å². The lowest BCUT2D eigenvalue weighted by atomic mass is 10.1. The number of hydrogen-bond donors (Lipinski definition) is 0. The van der Waals surface area contributed by atoms with Crippen molar-refractivity contribution in [2.75, 3.05) is 33.3 Å². The van der Waals surface area contributed by atoms with Gasteiger partial charge in [-0.05, 0) is 6.07 Å². The maximum absolute atomic E-state index is 12.5. The SMILES string of the molecule is COc1ccccc1CC(=O)N1CCN(Cc2nnc(C)o2)CC1. The number of methoxy groups -OCH3 is 1. The molecular formula is C17H22N4O3. The van der Waals surface area contributed by atoms with Crippen molar-refractivity contribution >= 4 is 5.91 Å². The van der Waals surface area contributed by atoms with Gasteiger partial charge >= 0.3 is 0 Å². The Kier molecular flexibility index (Phi) is 5.10. The Morgan fingerprint density at radius 2 is 1.96 bits per heavy atom. The molecule has 1 aliphatic heterocycles. The lowest BCUT2D eigenvalue weighted by molar-refractivity contribution is -0.132. The first kappa shape index (κ1) is 16.4. The van der Waals surface area contributed by atoms with Crippen LogP contribution in [0.4, 0.5) is 0 Å². The van der Waals surface area contributed by atoms with Gasteiger partial charge < -0.3 is 14.1 Å². The van der Waals surface area contributed by atoms with Gasteiger partial charge in [0.2, 0.25) is 17.7 Å². The Labute approximate surface area is 141 Å². The summed E-state index contributed by atoms with van der Waals surface area (Å²) in [7, 11) is 1.63. The van der Waals surface area contributed by atoms with Crippen molar-refractivity contribution in [2.24, 2.45) is 0 Å². The van der Waals surface area contributed by atoms with E-state index in [1.54, 1.807) is 14.0 Å². The molecular weight excluding hydrogens is 308 g/mol. The Morgan fingerprint density at radius 1 is 1.21 bits per heavy atom. The first-order valence-electron chi connectivity index (χ1n) is 8.06. The molecule has 0 aliphatic carbocycles. The number of hydrogen-bond acceptors (Lipinski definition) is 6.